The minimum absolute atomic E-state index is 0.389. The van der Waals surface area contributed by atoms with Crippen molar-refractivity contribution < 1.29 is 0 Å². The molecule has 1 saturated carbocycles. The van der Waals surface area contributed by atoms with Crippen LogP contribution in [0.1, 0.15) is 32.6 Å². The van der Waals surface area contributed by atoms with Crippen LogP contribution in [-0.4, -0.2) is 20.2 Å². The monoisotopic (exact) mass is 291 g/mol. The summed E-state index contributed by atoms with van der Waals surface area (Å²) < 4.78 is 1.88. The molecule has 5 nitrogen and oxygen atoms in total. The maximum atomic E-state index is 6.03. The number of nitrogens with two attached hydrogens (primary N) is 1. The van der Waals surface area contributed by atoms with Crippen LogP contribution >= 0.6 is 11.6 Å². The number of nitrogens with zero attached hydrogens (tertiary/aromatic N) is 4. The second-order valence-corrected chi connectivity index (χ2v) is 6.08. The first-order chi connectivity index (χ1) is 9.63. The van der Waals surface area contributed by atoms with Gasteiger partial charge in [0.15, 0.2) is 5.82 Å². The molecule has 0 aliphatic heterocycles. The fourth-order valence-corrected chi connectivity index (χ4v) is 2.93. The molecule has 20 heavy (non-hydrogen) atoms. The topological polar surface area (TPSA) is 69.6 Å². The summed E-state index contributed by atoms with van der Waals surface area (Å²) in [7, 11) is 0. The van der Waals surface area contributed by atoms with E-state index in [2.05, 4.69) is 22.4 Å². The van der Waals surface area contributed by atoms with E-state index in [1.807, 2.05) is 16.8 Å². The minimum atomic E-state index is 0.389. The Bertz CT molecular complexity index is 618. The lowest BCUT2D eigenvalue weighted by Gasteiger charge is -2.15. The van der Waals surface area contributed by atoms with Crippen molar-refractivity contribution in [2.24, 2.45) is 5.41 Å². The molecule has 0 radical (unpaired) electrons. The lowest BCUT2D eigenvalue weighted by molar-refractivity contribution is 0.365. The van der Waals surface area contributed by atoms with E-state index < -0.39 is 0 Å². The number of nitrogen functional groups attached to an aromatic ring is 1. The highest BCUT2D eigenvalue weighted by atomic mass is 35.5. The molecule has 1 heterocycles. The first kappa shape index (κ1) is 13.4. The molecule has 0 bridgehead atoms. The summed E-state index contributed by atoms with van der Waals surface area (Å²) in [4.78, 5) is 0. The number of hydrogen-bond acceptors (Lipinski definition) is 4. The molecule has 0 unspecified atom stereocenters. The number of benzene rings is 1. The van der Waals surface area contributed by atoms with Gasteiger partial charge in [0.1, 0.15) is 0 Å². The molecular formula is C14H18ClN5. The van der Waals surface area contributed by atoms with Gasteiger partial charge in [0.2, 0.25) is 0 Å². The highest BCUT2D eigenvalue weighted by Gasteiger charge is 2.42. The number of halogens is 1. The lowest BCUT2D eigenvalue weighted by atomic mass is 10.0. The maximum Gasteiger partial charge on any atom is 0.184 e. The number of rotatable bonds is 5. The predicted octanol–water partition coefficient (Wildman–Crippen LogP) is 3.16. The van der Waals surface area contributed by atoms with Crippen LogP contribution in [0.15, 0.2) is 18.2 Å². The SMILES string of the molecule is CCCC1(Cn2nnnc2-c2ccc(Cl)cc2N)CC1. The van der Waals surface area contributed by atoms with Gasteiger partial charge >= 0.3 is 0 Å². The average molecular weight is 292 g/mol. The smallest absolute Gasteiger partial charge is 0.184 e. The zero-order valence-corrected chi connectivity index (χ0v) is 12.3. The van der Waals surface area contributed by atoms with Crippen LogP contribution in [0.5, 0.6) is 0 Å². The largest absolute Gasteiger partial charge is 0.398 e. The van der Waals surface area contributed by atoms with E-state index in [1.54, 1.807) is 6.07 Å². The van der Waals surface area contributed by atoms with E-state index in [4.69, 9.17) is 17.3 Å². The number of tetrazole rings is 1. The van der Waals surface area contributed by atoms with Gasteiger partial charge in [-0.3, -0.25) is 0 Å². The van der Waals surface area contributed by atoms with Gasteiger partial charge in [-0.2, -0.15) is 0 Å². The van der Waals surface area contributed by atoms with Crippen molar-refractivity contribution in [3.05, 3.63) is 23.2 Å². The van der Waals surface area contributed by atoms with E-state index in [1.165, 1.54) is 25.7 Å². The van der Waals surface area contributed by atoms with Gasteiger partial charge in [0.05, 0.1) is 6.54 Å². The molecule has 2 N–H and O–H groups in total. The quantitative estimate of drug-likeness (QED) is 0.859. The van der Waals surface area contributed by atoms with E-state index >= 15 is 0 Å². The zero-order chi connectivity index (χ0) is 14.2. The van der Waals surface area contributed by atoms with Gasteiger partial charge in [-0.15, -0.1) is 5.10 Å². The fraction of sp³-hybridized carbons (Fsp3) is 0.500. The van der Waals surface area contributed by atoms with E-state index in [0.29, 0.717) is 16.1 Å². The Balaban J connectivity index is 1.90. The van der Waals surface area contributed by atoms with E-state index in [-0.39, 0.29) is 0 Å². The van der Waals surface area contributed by atoms with Crippen molar-refractivity contribution in [1.82, 2.24) is 20.2 Å². The third-order valence-corrected chi connectivity index (χ3v) is 4.24. The Labute approximate surface area is 123 Å². The summed E-state index contributed by atoms with van der Waals surface area (Å²) in [6.07, 6.45) is 4.94. The Morgan fingerprint density at radius 2 is 2.20 bits per heavy atom. The summed E-state index contributed by atoms with van der Waals surface area (Å²) >= 11 is 5.94. The first-order valence-corrected chi connectivity index (χ1v) is 7.33. The highest BCUT2D eigenvalue weighted by Crippen LogP contribution is 2.51. The first-order valence-electron chi connectivity index (χ1n) is 6.95. The number of hydrogen-bond donors (Lipinski definition) is 1. The zero-order valence-electron chi connectivity index (χ0n) is 11.5. The van der Waals surface area contributed by atoms with Crippen molar-refractivity contribution in [3.8, 4) is 11.4 Å². The summed E-state index contributed by atoms with van der Waals surface area (Å²) in [6.45, 7) is 3.09. The molecule has 3 rings (SSSR count). The van der Waals surface area contributed by atoms with Gasteiger partial charge < -0.3 is 5.73 Å². The second kappa shape index (κ2) is 5.05. The van der Waals surface area contributed by atoms with Gasteiger partial charge in [-0.25, -0.2) is 4.68 Å². The van der Waals surface area contributed by atoms with Gasteiger partial charge in [0.25, 0.3) is 0 Å². The molecule has 2 aromatic rings. The molecule has 0 spiro atoms. The van der Waals surface area contributed by atoms with Crippen LogP contribution < -0.4 is 5.73 Å². The fourth-order valence-electron chi connectivity index (χ4n) is 2.75. The molecule has 0 atom stereocenters. The van der Waals surface area contributed by atoms with Crippen LogP contribution in [0.4, 0.5) is 5.69 Å². The minimum Gasteiger partial charge on any atom is -0.398 e. The Hall–Kier alpha value is -1.62. The van der Waals surface area contributed by atoms with Crippen molar-refractivity contribution in [1.29, 1.82) is 0 Å². The molecule has 1 aliphatic rings. The van der Waals surface area contributed by atoms with E-state index in [9.17, 15) is 0 Å². The van der Waals surface area contributed by atoms with Crippen LogP contribution in [0, 0.1) is 5.41 Å². The molecule has 1 aromatic heterocycles. The molecule has 6 heteroatoms. The van der Waals surface area contributed by atoms with Crippen molar-refractivity contribution in [3.63, 3.8) is 0 Å². The van der Waals surface area contributed by atoms with Crippen LogP contribution in [0.3, 0.4) is 0 Å². The van der Waals surface area contributed by atoms with E-state index in [0.717, 1.165) is 17.9 Å². The summed E-state index contributed by atoms with van der Waals surface area (Å²) in [5.41, 5.74) is 7.86. The molecule has 0 amide bonds. The van der Waals surface area contributed by atoms with Crippen molar-refractivity contribution >= 4 is 17.3 Å². The average Bonchev–Trinajstić information content (AvgIpc) is 3.00. The van der Waals surface area contributed by atoms with Crippen molar-refractivity contribution in [2.75, 3.05) is 5.73 Å². The van der Waals surface area contributed by atoms with Crippen LogP contribution in [0.2, 0.25) is 5.02 Å². The van der Waals surface area contributed by atoms with Crippen molar-refractivity contribution in [2.45, 2.75) is 39.2 Å². The number of anilines is 1. The molecule has 0 saturated heterocycles. The second-order valence-electron chi connectivity index (χ2n) is 5.64. The van der Waals surface area contributed by atoms with Gasteiger partial charge in [-0.05, 0) is 53.3 Å². The third kappa shape index (κ3) is 2.50. The number of aromatic nitrogens is 4. The Morgan fingerprint density at radius 3 is 2.85 bits per heavy atom. The molecule has 1 fully saturated rings. The van der Waals surface area contributed by atoms with Gasteiger partial charge in [0, 0.05) is 16.3 Å². The molecule has 1 aliphatic carbocycles. The standard InChI is InChI=1S/C14H18ClN5/c1-2-5-14(6-7-14)9-20-13(17-18-19-20)11-4-3-10(15)8-12(11)16/h3-4,8H,2,5-7,9,16H2,1H3. The normalized spacial score (nSPS) is 16.3. The molecular weight excluding hydrogens is 274 g/mol. The van der Waals surface area contributed by atoms with Crippen LogP contribution in [-0.2, 0) is 6.54 Å². The van der Waals surface area contributed by atoms with Gasteiger partial charge in [-0.1, -0.05) is 24.9 Å². The summed E-state index contributed by atoms with van der Waals surface area (Å²) in [5, 5.41) is 12.7. The maximum absolute atomic E-state index is 6.03. The Kier molecular flexibility index (Phi) is 3.38. The lowest BCUT2D eigenvalue weighted by Crippen LogP contribution is -2.14. The molecule has 1 aromatic carbocycles. The molecule has 106 valence electrons. The highest BCUT2D eigenvalue weighted by molar-refractivity contribution is 6.31. The third-order valence-electron chi connectivity index (χ3n) is 4.01. The summed E-state index contributed by atoms with van der Waals surface area (Å²) in [6, 6.07) is 5.42. The van der Waals surface area contributed by atoms with Crippen LogP contribution in [0.25, 0.3) is 11.4 Å². The summed E-state index contributed by atoms with van der Waals surface area (Å²) in [5.74, 6) is 0.724. The Morgan fingerprint density at radius 1 is 1.40 bits per heavy atom. The predicted molar refractivity (Wildman–Crippen MR) is 79.3 cm³/mol.